The van der Waals surface area contributed by atoms with Crippen LogP contribution in [0.1, 0.15) is 27.6 Å². The Morgan fingerprint density at radius 3 is 2.44 bits per heavy atom. The number of nitrogens with zero attached hydrogens (tertiary/aromatic N) is 4. The SMILES string of the molecule is Cc1cc(CN2CCN(C(=O)c3c(-c4ccccc4)noc3C)CC2)on1. The van der Waals surface area contributed by atoms with Crippen LogP contribution in [0.25, 0.3) is 11.3 Å². The van der Waals surface area contributed by atoms with Crippen molar-refractivity contribution in [2.75, 3.05) is 26.2 Å². The summed E-state index contributed by atoms with van der Waals surface area (Å²) in [7, 11) is 0. The Morgan fingerprint density at radius 2 is 1.78 bits per heavy atom. The van der Waals surface area contributed by atoms with Gasteiger partial charge in [-0.3, -0.25) is 9.69 Å². The summed E-state index contributed by atoms with van der Waals surface area (Å²) in [6.45, 7) is 7.30. The minimum absolute atomic E-state index is 0.0252. The van der Waals surface area contributed by atoms with Gasteiger partial charge in [-0.1, -0.05) is 40.6 Å². The largest absolute Gasteiger partial charge is 0.360 e. The lowest BCUT2D eigenvalue weighted by molar-refractivity contribution is 0.0616. The van der Waals surface area contributed by atoms with E-state index in [9.17, 15) is 4.79 Å². The van der Waals surface area contributed by atoms with Crippen molar-refractivity contribution < 1.29 is 13.8 Å². The Morgan fingerprint density at radius 1 is 1.04 bits per heavy atom. The molecule has 1 aliphatic rings. The molecule has 0 atom stereocenters. The Kier molecular flexibility index (Phi) is 4.77. The third-order valence-corrected chi connectivity index (χ3v) is 4.84. The number of carbonyl (C=O) groups is 1. The molecule has 0 saturated carbocycles. The van der Waals surface area contributed by atoms with Crippen LogP contribution >= 0.6 is 0 Å². The molecule has 1 fully saturated rings. The molecule has 1 saturated heterocycles. The first kappa shape index (κ1) is 17.5. The predicted octanol–water partition coefficient (Wildman–Crippen LogP) is 2.90. The van der Waals surface area contributed by atoms with Gasteiger partial charge < -0.3 is 13.9 Å². The van der Waals surface area contributed by atoms with E-state index in [-0.39, 0.29) is 5.91 Å². The van der Waals surface area contributed by atoms with Gasteiger partial charge in [0.25, 0.3) is 5.91 Å². The number of amides is 1. The highest BCUT2D eigenvalue weighted by Gasteiger charge is 2.28. The van der Waals surface area contributed by atoms with Gasteiger partial charge in [0.05, 0.1) is 12.2 Å². The smallest absolute Gasteiger partial charge is 0.259 e. The number of hydrogen-bond acceptors (Lipinski definition) is 6. The number of rotatable bonds is 4. The molecule has 140 valence electrons. The van der Waals surface area contributed by atoms with Gasteiger partial charge in [0, 0.05) is 37.8 Å². The standard InChI is InChI=1S/C20H22N4O3/c1-14-12-17(27-21-14)13-23-8-10-24(11-9-23)20(25)18-15(2)26-22-19(18)16-6-4-3-5-7-16/h3-7,12H,8-11,13H2,1-2H3. The van der Waals surface area contributed by atoms with Crippen LogP contribution in [0.5, 0.6) is 0 Å². The number of piperazine rings is 1. The van der Waals surface area contributed by atoms with Gasteiger partial charge in [-0.15, -0.1) is 0 Å². The highest BCUT2D eigenvalue weighted by atomic mass is 16.5. The predicted molar refractivity (Wildman–Crippen MR) is 99.1 cm³/mol. The highest BCUT2D eigenvalue weighted by Crippen LogP contribution is 2.26. The highest BCUT2D eigenvalue weighted by molar-refractivity contribution is 6.00. The normalized spacial score (nSPS) is 15.3. The lowest BCUT2D eigenvalue weighted by Crippen LogP contribution is -2.48. The van der Waals surface area contributed by atoms with Gasteiger partial charge in [-0.25, -0.2) is 0 Å². The van der Waals surface area contributed by atoms with Crippen LogP contribution in [0.15, 0.2) is 45.4 Å². The summed E-state index contributed by atoms with van der Waals surface area (Å²) in [4.78, 5) is 17.3. The molecule has 27 heavy (non-hydrogen) atoms. The number of aromatic nitrogens is 2. The molecule has 4 rings (SSSR count). The number of aryl methyl sites for hydroxylation is 2. The molecule has 7 heteroatoms. The van der Waals surface area contributed by atoms with Crippen molar-refractivity contribution in [3.05, 3.63) is 59.2 Å². The van der Waals surface area contributed by atoms with E-state index in [4.69, 9.17) is 9.05 Å². The molecule has 7 nitrogen and oxygen atoms in total. The second-order valence-corrected chi connectivity index (χ2v) is 6.83. The van der Waals surface area contributed by atoms with Crippen molar-refractivity contribution in [3.8, 4) is 11.3 Å². The van der Waals surface area contributed by atoms with Crippen LogP contribution in [0.2, 0.25) is 0 Å². The number of benzene rings is 1. The average Bonchev–Trinajstić information content (AvgIpc) is 3.28. The summed E-state index contributed by atoms with van der Waals surface area (Å²) in [5.41, 5.74) is 2.94. The van der Waals surface area contributed by atoms with Gasteiger partial charge in [-0.05, 0) is 13.8 Å². The van der Waals surface area contributed by atoms with Crippen LogP contribution in [0.3, 0.4) is 0 Å². The molecule has 0 spiro atoms. The van der Waals surface area contributed by atoms with E-state index in [1.807, 2.05) is 48.2 Å². The summed E-state index contributed by atoms with van der Waals surface area (Å²) >= 11 is 0. The van der Waals surface area contributed by atoms with E-state index >= 15 is 0 Å². The fourth-order valence-electron chi connectivity index (χ4n) is 3.40. The molecule has 1 amide bonds. The van der Waals surface area contributed by atoms with E-state index in [2.05, 4.69) is 15.2 Å². The van der Waals surface area contributed by atoms with Crippen LogP contribution in [-0.4, -0.2) is 52.2 Å². The maximum Gasteiger partial charge on any atom is 0.259 e. The van der Waals surface area contributed by atoms with Gasteiger partial charge >= 0.3 is 0 Å². The van der Waals surface area contributed by atoms with Gasteiger partial charge in [0.2, 0.25) is 0 Å². The van der Waals surface area contributed by atoms with E-state index in [1.165, 1.54) is 0 Å². The third-order valence-electron chi connectivity index (χ3n) is 4.84. The topological polar surface area (TPSA) is 75.6 Å². The third kappa shape index (κ3) is 3.64. The van der Waals surface area contributed by atoms with Gasteiger partial charge in [-0.2, -0.15) is 0 Å². The molecular weight excluding hydrogens is 344 g/mol. The molecule has 3 heterocycles. The van der Waals surface area contributed by atoms with Crippen molar-refractivity contribution in [1.29, 1.82) is 0 Å². The van der Waals surface area contributed by atoms with E-state index in [0.717, 1.165) is 30.1 Å². The first-order valence-electron chi connectivity index (χ1n) is 9.07. The zero-order chi connectivity index (χ0) is 18.8. The Bertz CT molecular complexity index is 924. The summed E-state index contributed by atoms with van der Waals surface area (Å²) in [5, 5.41) is 8.05. The van der Waals surface area contributed by atoms with Crippen LogP contribution in [0, 0.1) is 13.8 Å². The lowest BCUT2D eigenvalue weighted by atomic mass is 10.0. The molecule has 2 aromatic heterocycles. The maximum atomic E-state index is 13.1. The average molecular weight is 366 g/mol. The Balaban J connectivity index is 1.45. The lowest BCUT2D eigenvalue weighted by Gasteiger charge is -2.34. The van der Waals surface area contributed by atoms with Crippen molar-refractivity contribution in [1.82, 2.24) is 20.1 Å². The summed E-state index contributed by atoms with van der Waals surface area (Å²) in [5.74, 6) is 1.38. The van der Waals surface area contributed by atoms with Crippen molar-refractivity contribution >= 4 is 5.91 Å². The van der Waals surface area contributed by atoms with Gasteiger partial charge in [0.15, 0.2) is 5.76 Å². The Hall–Kier alpha value is -2.93. The minimum atomic E-state index is -0.0252. The molecule has 0 radical (unpaired) electrons. The van der Waals surface area contributed by atoms with Crippen LogP contribution < -0.4 is 0 Å². The summed E-state index contributed by atoms with van der Waals surface area (Å²) in [6, 6.07) is 11.6. The molecule has 1 aliphatic heterocycles. The molecule has 1 aromatic carbocycles. The zero-order valence-corrected chi connectivity index (χ0v) is 15.5. The fraction of sp³-hybridized carbons (Fsp3) is 0.350. The second kappa shape index (κ2) is 7.36. The number of carbonyl (C=O) groups excluding carboxylic acids is 1. The maximum absolute atomic E-state index is 13.1. The fourth-order valence-corrected chi connectivity index (χ4v) is 3.40. The molecular formula is C20H22N4O3. The second-order valence-electron chi connectivity index (χ2n) is 6.83. The van der Waals surface area contributed by atoms with Gasteiger partial charge in [0.1, 0.15) is 17.0 Å². The van der Waals surface area contributed by atoms with Crippen LogP contribution in [-0.2, 0) is 6.54 Å². The minimum Gasteiger partial charge on any atom is -0.360 e. The Labute approximate surface area is 157 Å². The first-order valence-corrected chi connectivity index (χ1v) is 9.07. The van der Waals surface area contributed by atoms with Crippen LogP contribution in [0.4, 0.5) is 0 Å². The summed E-state index contributed by atoms with van der Waals surface area (Å²) in [6.07, 6.45) is 0. The molecule has 0 bridgehead atoms. The number of hydrogen-bond donors (Lipinski definition) is 0. The molecule has 3 aromatic rings. The first-order chi connectivity index (χ1) is 13.1. The van der Waals surface area contributed by atoms with Crippen molar-refractivity contribution in [2.45, 2.75) is 20.4 Å². The van der Waals surface area contributed by atoms with E-state index in [0.29, 0.717) is 36.7 Å². The van der Waals surface area contributed by atoms with E-state index in [1.54, 1.807) is 6.92 Å². The van der Waals surface area contributed by atoms with Crippen molar-refractivity contribution in [3.63, 3.8) is 0 Å². The van der Waals surface area contributed by atoms with E-state index < -0.39 is 0 Å². The molecule has 0 N–H and O–H groups in total. The summed E-state index contributed by atoms with van der Waals surface area (Å²) < 4.78 is 10.6. The monoisotopic (exact) mass is 366 g/mol. The molecule has 0 unspecified atom stereocenters. The zero-order valence-electron chi connectivity index (χ0n) is 15.5. The van der Waals surface area contributed by atoms with Crippen molar-refractivity contribution in [2.24, 2.45) is 0 Å². The molecule has 0 aliphatic carbocycles. The quantitative estimate of drug-likeness (QED) is 0.707.